The summed E-state index contributed by atoms with van der Waals surface area (Å²) in [4.78, 5) is 12.7. The molecule has 0 radical (unpaired) electrons. The molecule has 19 heavy (non-hydrogen) atoms. The van der Waals surface area contributed by atoms with Crippen LogP contribution in [0, 0.1) is 5.92 Å². The van der Waals surface area contributed by atoms with Crippen molar-refractivity contribution in [3.63, 3.8) is 0 Å². The van der Waals surface area contributed by atoms with E-state index in [-0.39, 0.29) is 5.91 Å². The fourth-order valence-corrected chi connectivity index (χ4v) is 2.83. The van der Waals surface area contributed by atoms with Crippen molar-refractivity contribution in [3.8, 4) is 0 Å². The van der Waals surface area contributed by atoms with Gasteiger partial charge in [0.05, 0.1) is 11.5 Å². The maximum absolute atomic E-state index is 12.0. The third-order valence-electron chi connectivity index (χ3n) is 2.83. The number of methoxy groups -OCH3 is 1. The first-order valence-electron chi connectivity index (χ1n) is 6.16. The van der Waals surface area contributed by atoms with Crippen LogP contribution in [0.2, 0.25) is 0 Å². The molecule has 2 aromatic rings. The third kappa shape index (κ3) is 3.45. The number of carbonyl (C=O) groups excluding carboxylic acids is 1. The SMILES string of the molecule is COCC(C)CNC(=O)c1cc2cc(N)ccc2s1. The first kappa shape index (κ1) is 13.8. The number of amides is 1. The Morgan fingerprint density at radius 1 is 1.47 bits per heavy atom. The Hall–Kier alpha value is -1.59. The van der Waals surface area contributed by atoms with Gasteiger partial charge >= 0.3 is 0 Å². The molecule has 1 aromatic carbocycles. The summed E-state index contributed by atoms with van der Waals surface area (Å²) in [6.07, 6.45) is 0. The minimum Gasteiger partial charge on any atom is -0.399 e. The molecule has 0 spiro atoms. The lowest BCUT2D eigenvalue weighted by molar-refractivity contribution is 0.0938. The second-order valence-electron chi connectivity index (χ2n) is 4.68. The number of fused-ring (bicyclic) bond motifs is 1. The molecule has 102 valence electrons. The molecule has 2 rings (SSSR count). The lowest BCUT2D eigenvalue weighted by Crippen LogP contribution is -2.29. The minimum absolute atomic E-state index is 0.0391. The van der Waals surface area contributed by atoms with E-state index in [1.807, 2.05) is 31.2 Å². The van der Waals surface area contributed by atoms with Crippen LogP contribution in [0.3, 0.4) is 0 Å². The molecule has 0 saturated heterocycles. The van der Waals surface area contributed by atoms with E-state index in [1.54, 1.807) is 7.11 Å². The van der Waals surface area contributed by atoms with Gasteiger partial charge in [-0.2, -0.15) is 0 Å². The van der Waals surface area contributed by atoms with Gasteiger partial charge in [-0.05, 0) is 35.6 Å². The highest BCUT2D eigenvalue weighted by Gasteiger charge is 2.11. The number of thiophene rings is 1. The van der Waals surface area contributed by atoms with E-state index in [2.05, 4.69) is 5.32 Å². The minimum atomic E-state index is -0.0391. The van der Waals surface area contributed by atoms with E-state index < -0.39 is 0 Å². The summed E-state index contributed by atoms with van der Waals surface area (Å²) in [6.45, 7) is 3.29. The molecule has 1 amide bonds. The maximum atomic E-state index is 12.0. The number of hydrogen-bond acceptors (Lipinski definition) is 4. The van der Waals surface area contributed by atoms with E-state index in [1.165, 1.54) is 11.3 Å². The van der Waals surface area contributed by atoms with Crippen molar-refractivity contribution in [1.29, 1.82) is 0 Å². The van der Waals surface area contributed by atoms with Crippen molar-refractivity contribution in [2.45, 2.75) is 6.92 Å². The highest BCUT2D eigenvalue weighted by molar-refractivity contribution is 7.20. The zero-order valence-electron chi connectivity index (χ0n) is 11.1. The van der Waals surface area contributed by atoms with Crippen LogP contribution in [0.15, 0.2) is 24.3 Å². The van der Waals surface area contributed by atoms with E-state index in [9.17, 15) is 4.79 Å². The molecular formula is C14H18N2O2S. The number of nitrogens with two attached hydrogens (primary N) is 1. The van der Waals surface area contributed by atoms with Crippen LogP contribution in [0.1, 0.15) is 16.6 Å². The summed E-state index contributed by atoms with van der Waals surface area (Å²) in [5.74, 6) is 0.265. The maximum Gasteiger partial charge on any atom is 0.261 e. The van der Waals surface area contributed by atoms with Crippen molar-refractivity contribution in [1.82, 2.24) is 5.32 Å². The largest absolute Gasteiger partial charge is 0.399 e. The van der Waals surface area contributed by atoms with E-state index in [0.29, 0.717) is 29.6 Å². The average molecular weight is 278 g/mol. The molecular weight excluding hydrogens is 260 g/mol. The van der Waals surface area contributed by atoms with Crippen LogP contribution in [-0.2, 0) is 4.74 Å². The summed E-state index contributed by atoms with van der Waals surface area (Å²) in [7, 11) is 1.66. The Bertz CT molecular complexity index is 580. The molecule has 1 aromatic heterocycles. The van der Waals surface area contributed by atoms with Gasteiger partial charge < -0.3 is 15.8 Å². The first-order chi connectivity index (χ1) is 9.10. The van der Waals surface area contributed by atoms with Gasteiger partial charge in [0.2, 0.25) is 0 Å². The molecule has 1 unspecified atom stereocenters. The fourth-order valence-electron chi connectivity index (χ4n) is 1.87. The predicted molar refractivity (Wildman–Crippen MR) is 79.6 cm³/mol. The van der Waals surface area contributed by atoms with E-state index >= 15 is 0 Å². The van der Waals surface area contributed by atoms with E-state index in [0.717, 1.165) is 10.1 Å². The molecule has 4 nitrogen and oxygen atoms in total. The molecule has 0 fully saturated rings. The Kier molecular flexibility index (Phi) is 4.39. The normalized spacial score (nSPS) is 12.5. The van der Waals surface area contributed by atoms with Crippen molar-refractivity contribution in [3.05, 3.63) is 29.1 Å². The fraction of sp³-hybridized carbons (Fsp3) is 0.357. The molecule has 0 saturated carbocycles. The number of carbonyl (C=O) groups is 1. The Morgan fingerprint density at radius 3 is 3.00 bits per heavy atom. The van der Waals surface area contributed by atoms with Gasteiger partial charge in [0.1, 0.15) is 0 Å². The summed E-state index contributed by atoms with van der Waals surface area (Å²) < 4.78 is 6.11. The van der Waals surface area contributed by atoms with Crippen LogP contribution >= 0.6 is 11.3 Å². The zero-order valence-corrected chi connectivity index (χ0v) is 11.9. The van der Waals surface area contributed by atoms with Gasteiger partial charge in [-0.15, -0.1) is 11.3 Å². The monoisotopic (exact) mass is 278 g/mol. The Balaban J connectivity index is 2.05. The molecule has 0 aliphatic heterocycles. The van der Waals surface area contributed by atoms with Crippen LogP contribution < -0.4 is 11.1 Å². The van der Waals surface area contributed by atoms with Gasteiger partial charge in [0, 0.05) is 24.0 Å². The third-order valence-corrected chi connectivity index (χ3v) is 3.94. The summed E-state index contributed by atoms with van der Waals surface area (Å²) >= 11 is 1.48. The summed E-state index contributed by atoms with van der Waals surface area (Å²) in [6, 6.07) is 7.56. The van der Waals surface area contributed by atoms with Crippen LogP contribution in [0.4, 0.5) is 5.69 Å². The zero-order chi connectivity index (χ0) is 13.8. The average Bonchev–Trinajstić information content (AvgIpc) is 2.79. The lowest BCUT2D eigenvalue weighted by atomic mass is 10.2. The molecule has 0 bridgehead atoms. The van der Waals surface area contributed by atoms with Crippen molar-refractivity contribution < 1.29 is 9.53 Å². The lowest BCUT2D eigenvalue weighted by Gasteiger charge is -2.10. The Labute approximate surface area is 116 Å². The predicted octanol–water partition coefficient (Wildman–Crippen LogP) is 2.50. The van der Waals surface area contributed by atoms with E-state index in [4.69, 9.17) is 10.5 Å². The van der Waals surface area contributed by atoms with Crippen molar-refractivity contribution in [2.75, 3.05) is 26.0 Å². The summed E-state index contributed by atoms with van der Waals surface area (Å²) in [5.41, 5.74) is 6.45. The molecule has 0 aliphatic rings. The highest BCUT2D eigenvalue weighted by Crippen LogP contribution is 2.27. The van der Waals surface area contributed by atoms with Crippen molar-refractivity contribution >= 4 is 33.0 Å². The number of hydrogen-bond donors (Lipinski definition) is 2. The molecule has 1 heterocycles. The quantitative estimate of drug-likeness (QED) is 0.826. The van der Waals surface area contributed by atoms with Crippen LogP contribution in [-0.4, -0.2) is 26.2 Å². The topological polar surface area (TPSA) is 64.3 Å². The standard InChI is InChI=1S/C14H18N2O2S/c1-9(8-18-2)7-16-14(17)13-6-10-5-11(15)3-4-12(10)19-13/h3-6,9H,7-8,15H2,1-2H3,(H,16,17). The number of nitrogen functional groups attached to an aromatic ring is 1. The van der Waals surface area contributed by atoms with Crippen molar-refractivity contribution in [2.24, 2.45) is 5.92 Å². The van der Waals surface area contributed by atoms with Crippen LogP contribution in [0.5, 0.6) is 0 Å². The second kappa shape index (κ2) is 6.04. The number of ether oxygens (including phenoxy) is 1. The van der Waals surface area contributed by atoms with Gasteiger partial charge in [-0.25, -0.2) is 0 Å². The number of benzene rings is 1. The Morgan fingerprint density at radius 2 is 2.26 bits per heavy atom. The molecule has 0 aliphatic carbocycles. The number of anilines is 1. The van der Waals surface area contributed by atoms with Gasteiger partial charge in [-0.3, -0.25) is 4.79 Å². The van der Waals surface area contributed by atoms with Gasteiger partial charge in [0.15, 0.2) is 0 Å². The number of rotatable bonds is 5. The first-order valence-corrected chi connectivity index (χ1v) is 6.98. The highest BCUT2D eigenvalue weighted by atomic mass is 32.1. The van der Waals surface area contributed by atoms with Gasteiger partial charge in [0.25, 0.3) is 5.91 Å². The summed E-state index contributed by atoms with van der Waals surface area (Å²) in [5, 5.41) is 3.93. The smallest absolute Gasteiger partial charge is 0.261 e. The molecule has 5 heteroatoms. The number of nitrogens with one attached hydrogen (secondary N) is 1. The molecule has 3 N–H and O–H groups in total. The van der Waals surface area contributed by atoms with Gasteiger partial charge in [-0.1, -0.05) is 6.92 Å². The second-order valence-corrected chi connectivity index (χ2v) is 5.76. The van der Waals surface area contributed by atoms with Crippen LogP contribution in [0.25, 0.3) is 10.1 Å². The molecule has 1 atom stereocenters.